The van der Waals surface area contributed by atoms with Crippen LogP contribution in [0.1, 0.15) is 18.7 Å². The van der Waals surface area contributed by atoms with Gasteiger partial charge in [0.05, 0.1) is 19.3 Å². The molecule has 0 unspecified atom stereocenters. The van der Waals surface area contributed by atoms with Crippen molar-refractivity contribution in [2.24, 2.45) is 0 Å². The SMILES string of the molecule is COc1ccc(-c2nn3c(c2-c2ccncc2)[C@@H](C)NCC3)cc1.Cl. The number of nitrogens with zero attached hydrogens (tertiary/aromatic N) is 3. The molecule has 1 atom stereocenters. The van der Waals surface area contributed by atoms with Crippen LogP contribution in [-0.2, 0) is 6.54 Å². The topological polar surface area (TPSA) is 52.0 Å². The second kappa shape index (κ2) is 7.25. The number of methoxy groups -OCH3 is 1. The van der Waals surface area contributed by atoms with Crippen LogP contribution in [0.2, 0.25) is 0 Å². The largest absolute Gasteiger partial charge is 0.497 e. The summed E-state index contributed by atoms with van der Waals surface area (Å²) in [6, 6.07) is 12.4. The van der Waals surface area contributed by atoms with Gasteiger partial charge in [0.2, 0.25) is 0 Å². The predicted octanol–water partition coefficient (Wildman–Crippen LogP) is 3.71. The van der Waals surface area contributed by atoms with Gasteiger partial charge >= 0.3 is 0 Å². The molecule has 0 bridgehead atoms. The summed E-state index contributed by atoms with van der Waals surface area (Å²) in [5.41, 5.74) is 5.67. The summed E-state index contributed by atoms with van der Waals surface area (Å²) < 4.78 is 7.41. The summed E-state index contributed by atoms with van der Waals surface area (Å²) in [5, 5.41) is 8.45. The van der Waals surface area contributed by atoms with Crippen molar-refractivity contribution in [3.63, 3.8) is 0 Å². The van der Waals surface area contributed by atoms with Crippen LogP contribution in [0.25, 0.3) is 22.4 Å². The summed E-state index contributed by atoms with van der Waals surface area (Å²) in [6.07, 6.45) is 3.66. The molecular weight excluding hydrogens is 336 g/mol. The number of benzene rings is 1. The number of pyridine rings is 1. The van der Waals surface area contributed by atoms with E-state index in [-0.39, 0.29) is 18.4 Å². The fourth-order valence-electron chi connectivity index (χ4n) is 3.32. The lowest BCUT2D eigenvalue weighted by molar-refractivity contribution is 0.415. The number of aromatic nitrogens is 3. The average molecular weight is 357 g/mol. The number of ether oxygens (including phenoxy) is 1. The van der Waals surface area contributed by atoms with Gasteiger partial charge in [0, 0.05) is 36.1 Å². The Kier molecular flexibility index (Phi) is 5.06. The molecule has 0 aliphatic carbocycles. The molecule has 0 saturated carbocycles. The highest BCUT2D eigenvalue weighted by molar-refractivity contribution is 5.85. The molecule has 2 aromatic heterocycles. The fourth-order valence-corrected chi connectivity index (χ4v) is 3.32. The highest BCUT2D eigenvalue weighted by Crippen LogP contribution is 2.38. The minimum Gasteiger partial charge on any atom is -0.497 e. The Hall–Kier alpha value is -2.37. The van der Waals surface area contributed by atoms with Gasteiger partial charge in [-0.1, -0.05) is 0 Å². The van der Waals surface area contributed by atoms with Gasteiger partial charge in [-0.3, -0.25) is 9.67 Å². The first-order valence-corrected chi connectivity index (χ1v) is 8.17. The predicted molar refractivity (Wildman–Crippen MR) is 101 cm³/mol. The van der Waals surface area contributed by atoms with Gasteiger partial charge < -0.3 is 10.1 Å². The Morgan fingerprint density at radius 2 is 1.80 bits per heavy atom. The smallest absolute Gasteiger partial charge is 0.118 e. The number of rotatable bonds is 3. The zero-order chi connectivity index (χ0) is 16.5. The molecule has 3 heterocycles. The van der Waals surface area contributed by atoms with Gasteiger partial charge in [-0.2, -0.15) is 5.10 Å². The van der Waals surface area contributed by atoms with E-state index in [4.69, 9.17) is 9.84 Å². The minimum atomic E-state index is 0. The molecule has 25 heavy (non-hydrogen) atoms. The van der Waals surface area contributed by atoms with Crippen LogP contribution in [0.15, 0.2) is 48.8 Å². The lowest BCUT2D eigenvalue weighted by Crippen LogP contribution is -2.32. The summed E-state index contributed by atoms with van der Waals surface area (Å²) in [5.74, 6) is 0.850. The minimum absolute atomic E-state index is 0. The Labute approximate surface area is 153 Å². The molecule has 0 amide bonds. The second-order valence-electron chi connectivity index (χ2n) is 5.97. The molecule has 0 fully saturated rings. The zero-order valence-corrected chi connectivity index (χ0v) is 15.1. The first kappa shape index (κ1) is 17.5. The maximum Gasteiger partial charge on any atom is 0.118 e. The number of halogens is 1. The number of hydrogen-bond donors (Lipinski definition) is 1. The maximum atomic E-state index is 5.27. The van der Waals surface area contributed by atoms with Crippen molar-refractivity contribution < 1.29 is 4.74 Å². The van der Waals surface area contributed by atoms with Gasteiger partial charge in [-0.15, -0.1) is 12.4 Å². The molecule has 1 aliphatic rings. The standard InChI is InChI=1S/C19H20N4O.ClH/c1-13-19-17(14-7-9-20-10-8-14)18(22-23(19)12-11-21-13)15-3-5-16(24-2)6-4-15;/h3-10,13,21H,11-12H2,1-2H3;1H/t13-;/m1./s1. The van der Waals surface area contributed by atoms with Crippen LogP contribution in [0.5, 0.6) is 5.75 Å². The zero-order valence-electron chi connectivity index (χ0n) is 14.3. The number of nitrogens with one attached hydrogen (secondary N) is 1. The fraction of sp³-hybridized carbons (Fsp3) is 0.263. The maximum absolute atomic E-state index is 5.27. The van der Waals surface area contributed by atoms with Gasteiger partial charge in [0.25, 0.3) is 0 Å². The van der Waals surface area contributed by atoms with Crippen molar-refractivity contribution in [1.29, 1.82) is 0 Å². The van der Waals surface area contributed by atoms with E-state index in [1.165, 1.54) is 11.3 Å². The molecule has 6 heteroatoms. The third-order valence-electron chi connectivity index (χ3n) is 4.51. The lowest BCUT2D eigenvalue weighted by atomic mass is 9.96. The molecule has 4 rings (SSSR count). The van der Waals surface area contributed by atoms with Gasteiger partial charge in [-0.05, 0) is 48.9 Å². The normalized spacial score (nSPS) is 16.0. The van der Waals surface area contributed by atoms with Crippen LogP contribution in [-0.4, -0.2) is 28.4 Å². The highest BCUT2D eigenvalue weighted by atomic mass is 35.5. The molecular formula is C19H21ClN4O. The van der Waals surface area contributed by atoms with E-state index in [1.54, 1.807) is 7.11 Å². The molecule has 130 valence electrons. The molecule has 1 aliphatic heterocycles. The van der Waals surface area contributed by atoms with E-state index < -0.39 is 0 Å². The van der Waals surface area contributed by atoms with Crippen molar-refractivity contribution in [2.45, 2.75) is 19.5 Å². The van der Waals surface area contributed by atoms with Crippen LogP contribution >= 0.6 is 12.4 Å². The van der Waals surface area contributed by atoms with E-state index in [2.05, 4.69) is 34.0 Å². The van der Waals surface area contributed by atoms with Crippen molar-refractivity contribution in [3.8, 4) is 28.1 Å². The van der Waals surface area contributed by atoms with Crippen molar-refractivity contribution >= 4 is 12.4 Å². The van der Waals surface area contributed by atoms with Crippen LogP contribution in [0.4, 0.5) is 0 Å². The van der Waals surface area contributed by atoms with E-state index >= 15 is 0 Å². The Morgan fingerprint density at radius 1 is 1.08 bits per heavy atom. The van der Waals surface area contributed by atoms with Crippen LogP contribution in [0.3, 0.4) is 0 Å². The molecule has 0 saturated heterocycles. The molecule has 0 radical (unpaired) electrons. The second-order valence-corrected chi connectivity index (χ2v) is 5.97. The third-order valence-corrected chi connectivity index (χ3v) is 4.51. The van der Waals surface area contributed by atoms with E-state index in [9.17, 15) is 0 Å². The van der Waals surface area contributed by atoms with E-state index in [0.717, 1.165) is 35.7 Å². The Morgan fingerprint density at radius 3 is 2.48 bits per heavy atom. The summed E-state index contributed by atoms with van der Waals surface area (Å²) in [6.45, 7) is 4.01. The highest BCUT2D eigenvalue weighted by Gasteiger charge is 2.26. The van der Waals surface area contributed by atoms with Crippen molar-refractivity contribution in [2.75, 3.05) is 13.7 Å². The molecule has 3 aromatic rings. The molecule has 1 aromatic carbocycles. The average Bonchev–Trinajstić information content (AvgIpc) is 3.03. The summed E-state index contributed by atoms with van der Waals surface area (Å²) >= 11 is 0. The first-order chi connectivity index (χ1) is 11.8. The van der Waals surface area contributed by atoms with E-state index in [1.807, 2.05) is 36.7 Å². The van der Waals surface area contributed by atoms with E-state index in [0.29, 0.717) is 0 Å². The van der Waals surface area contributed by atoms with Crippen LogP contribution in [0, 0.1) is 0 Å². The quantitative estimate of drug-likeness (QED) is 0.777. The number of hydrogen-bond acceptors (Lipinski definition) is 4. The van der Waals surface area contributed by atoms with Gasteiger partial charge in [0.1, 0.15) is 11.4 Å². The van der Waals surface area contributed by atoms with Crippen molar-refractivity contribution in [1.82, 2.24) is 20.1 Å². The molecule has 1 N–H and O–H groups in total. The monoisotopic (exact) mass is 356 g/mol. The first-order valence-electron chi connectivity index (χ1n) is 8.17. The third kappa shape index (κ3) is 3.13. The Balaban J connectivity index is 0.00000182. The Bertz CT molecular complexity index is 846. The lowest BCUT2D eigenvalue weighted by Gasteiger charge is -2.23. The van der Waals surface area contributed by atoms with Gasteiger partial charge in [-0.25, -0.2) is 0 Å². The van der Waals surface area contributed by atoms with Crippen molar-refractivity contribution in [3.05, 3.63) is 54.5 Å². The van der Waals surface area contributed by atoms with Gasteiger partial charge in [0.15, 0.2) is 0 Å². The number of fused-ring (bicyclic) bond motifs is 1. The molecule has 5 nitrogen and oxygen atoms in total. The summed E-state index contributed by atoms with van der Waals surface area (Å²) in [4.78, 5) is 4.15. The molecule has 0 spiro atoms. The van der Waals surface area contributed by atoms with Crippen LogP contribution < -0.4 is 10.1 Å². The summed E-state index contributed by atoms with van der Waals surface area (Å²) in [7, 11) is 1.68.